The maximum Gasteiger partial charge on any atom is 0.191 e. The Hall–Kier alpha value is -1.55. The van der Waals surface area contributed by atoms with E-state index in [0.29, 0.717) is 12.5 Å². The number of benzene rings is 2. The van der Waals surface area contributed by atoms with Gasteiger partial charge >= 0.3 is 0 Å². The molecule has 2 N–H and O–H groups in total. The molecule has 2 saturated heterocycles. The maximum absolute atomic E-state index is 6.35. The fourth-order valence-corrected chi connectivity index (χ4v) is 4.10. The standard InChI is InChI=1S/C23H30ClN5O.HI/c24-21-5-7-22(8-6-21)28-9-11-29(12-10-28)23(25)26-17-19-3-1-2-4-20(19)18-27-13-15-30-16-14-27;/h1-8H,9-18H2,(H2,25,26);1H. The molecule has 8 heteroatoms. The summed E-state index contributed by atoms with van der Waals surface area (Å²) in [5.74, 6) is 0.631. The molecule has 2 aliphatic rings. The molecular weight excluding hydrogens is 525 g/mol. The second-order valence-electron chi connectivity index (χ2n) is 7.78. The Morgan fingerprint density at radius 3 is 2.23 bits per heavy atom. The van der Waals surface area contributed by atoms with E-state index in [0.717, 1.165) is 64.0 Å². The minimum absolute atomic E-state index is 0. The van der Waals surface area contributed by atoms with Crippen LogP contribution in [0.1, 0.15) is 11.1 Å². The minimum atomic E-state index is 0. The Morgan fingerprint density at radius 2 is 1.55 bits per heavy atom. The average Bonchev–Trinajstić information content (AvgIpc) is 2.80. The van der Waals surface area contributed by atoms with E-state index in [1.165, 1.54) is 16.8 Å². The number of aliphatic imine (C=N–C) groups is 1. The van der Waals surface area contributed by atoms with Crippen molar-refractivity contribution >= 4 is 47.2 Å². The first kappa shape index (κ1) is 24.1. The first-order valence-corrected chi connectivity index (χ1v) is 11.0. The van der Waals surface area contributed by atoms with Crippen LogP contribution in [0.25, 0.3) is 0 Å². The summed E-state index contributed by atoms with van der Waals surface area (Å²) in [4.78, 5) is 11.7. The van der Waals surface area contributed by atoms with Gasteiger partial charge in [0.1, 0.15) is 0 Å². The molecule has 0 aromatic heterocycles. The fourth-order valence-electron chi connectivity index (χ4n) is 3.98. The van der Waals surface area contributed by atoms with Crippen LogP contribution in [-0.4, -0.2) is 68.2 Å². The molecule has 31 heavy (non-hydrogen) atoms. The summed E-state index contributed by atoms with van der Waals surface area (Å²) in [6, 6.07) is 16.5. The van der Waals surface area contributed by atoms with E-state index in [4.69, 9.17) is 27.1 Å². The molecule has 0 atom stereocenters. The Bertz CT molecular complexity index is 849. The number of rotatable bonds is 5. The zero-order valence-electron chi connectivity index (χ0n) is 17.8. The van der Waals surface area contributed by atoms with Crippen LogP contribution in [0.5, 0.6) is 0 Å². The van der Waals surface area contributed by atoms with E-state index in [1.54, 1.807) is 0 Å². The Labute approximate surface area is 207 Å². The molecule has 2 aromatic rings. The zero-order valence-corrected chi connectivity index (χ0v) is 20.8. The molecule has 0 spiro atoms. The molecule has 2 fully saturated rings. The van der Waals surface area contributed by atoms with E-state index < -0.39 is 0 Å². The van der Waals surface area contributed by atoms with Crippen molar-refractivity contribution < 1.29 is 4.74 Å². The van der Waals surface area contributed by atoms with Gasteiger partial charge in [-0.3, -0.25) is 4.90 Å². The lowest BCUT2D eigenvalue weighted by atomic mass is 10.1. The smallest absolute Gasteiger partial charge is 0.191 e. The Kier molecular flexibility index (Phi) is 9.25. The molecule has 0 aliphatic carbocycles. The van der Waals surface area contributed by atoms with Gasteiger partial charge in [0.05, 0.1) is 19.8 Å². The molecular formula is C23H31ClIN5O. The first-order valence-electron chi connectivity index (χ1n) is 10.6. The lowest BCUT2D eigenvalue weighted by molar-refractivity contribution is 0.0341. The van der Waals surface area contributed by atoms with Crippen molar-refractivity contribution in [1.82, 2.24) is 9.80 Å². The first-order chi connectivity index (χ1) is 14.7. The highest BCUT2D eigenvalue weighted by Crippen LogP contribution is 2.19. The Morgan fingerprint density at radius 1 is 0.903 bits per heavy atom. The molecule has 0 bridgehead atoms. The number of piperazine rings is 1. The van der Waals surface area contributed by atoms with Gasteiger partial charge in [-0.1, -0.05) is 35.9 Å². The monoisotopic (exact) mass is 555 g/mol. The van der Waals surface area contributed by atoms with Gasteiger partial charge in [-0.2, -0.15) is 0 Å². The third kappa shape index (κ3) is 6.71. The van der Waals surface area contributed by atoms with Crippen molar-refractivity contribution in [2.45, 2.75) is 13.1 Å². The molecule has 0 saturated carbocycles. The van der Waals surface area contributed by atoms with Gasteiger partial charge < -0.3 is 20.3 Å². The second kappa shape index (κ2) is 11.9. The summed E-state index contributed by atoms with van der Waals surface area (Å²) in [6.07, 6.45) is 0. The van der Waals surface area contributed by atoms with Gasteiger partial charge in [0.25, 0.3) is 0 Å². The normalized spacial score (nSPS) is 18.0. The van der Waals surface area contributed by atoms with Crippen molar-refractivity contribution in [1.29, 1.82) is 0 Å². The van der Waals surface area contributed by atoms with Crippen LogP contribution in [0.3, 0.4) is 0 Å². The predicted molar refractivity (Wildman–Crippen MR) is 139 cm³/mol. The van der Waals surface area contributed by atoms with Crippen LogP contribution in [0, 0.1) is 0 Å². The Balaban J connectivity index is 0.00000272. The molecule has 6 nitrogen and oxygen atoms in total. The lowest BCUT2D eigenvalue weighted by Gasteiger charge is -2.36. The summed E-state index contributed by atoms with van der Waals surface area (Å²) >= 11 is 6.00. The fraction of sp³-hybridized carbons (Fsp3) is 0.435. The van der Waals surface area contributed by atoms with E-state index in [-0.39, 0.29) is 24.0 Å². The molecule has 2 heterocycles. The van der Waals surface area contributed by atoms with Crippen LogP contribution in [0.2, 0.25) is 5.02 Å². The molecule has 4 rings (SSSR count). The number of morpholine rings is 1. The summed E-state index contributed by atoms with van der Waals surface area (Å²) < 4.78 is 5.46. The molecule has 0 radical (unpaired) electrons. The maximum atomic E-state index is 6.35. The van der Waals surface area contributed by atoms with Gasteiger partial charge in [-0.15, -0.1) is 24.0 Å². The van der Waals surface area contributed by atoms with Gasteiger partial charge in [-0.05, 0) is 35.4 Å². The molecule has 2 aromatic carbocycles. The summed E-state index contributed by atoms with van der Waals surface area (Å²) in [7, 11) is 0. The quantitative estimate of drug-likeness (QED) is 0.348. The SMILES string of the molecule is I.NC(=NCc1ccccc1CN1CCOCC1)N1CCN(c2ccc(Cl)cc2)CC1. The van der Waals surface area contributed by atoms with Crippen molar-refractivity contribution in [3.8, 4) is 0 Å². The highest BCUT2D eigenvalue weighted by Gasteiger charge is 2.19. The summed E-state index contributed by atoms with van der Waals surface area (Å²) in [6.45, 7) is 8.73. The number of halogens is 2. The van der Waals surface area contributed by atoms with E-state index in [1.807, 2.05) is 12.1 Å². The van der Waals surface area contributed by atoms with Crippen molar-refractivity contribution in [3.05, 3.63) is 64.7 Å². The third-order valence-corrected chi connectivity index (χ3v) is 6.07. The topological polar surface area (TPSA) is 57.3 Å². The lowest BCUT2D eigenvalue weighted by Crippen LogP contribution is -2.51. The van der Waals surface area contributed by atoms with Crippen LogP contribution >= 0.6 is 35.6 Å². The van der Waals surface area contributed by atoms with Crippen LogP contribution in [-0.2, 0) is 17.8 Å². The van der Waals surface area contributed by atoms with E-state index in [2.05, 4.69) is 51.1 Å². The number of hydrogen-bond acceptors (Lipinski definition) is 4. The number of hydrogen-bond donors (Lipinski definition) is 1. The predicted octanol–water partition coefficient (Wildman–Crippen LogP) is 3.43. The number of nitrogens with two attached hydrogens (primary N) is 1. The van der Waals surface area contributed by atoms with Crippen molar-refractivity contribution in [2.24, 2.45) is 10.7 Å². The van der Waals surface area contributed by atoms with Crippen molar-refractivity contribution in [3.63, 3.8) is 0 Å². The van der Waals surface area contributed by atoms with Crippen LogP contribution < -0.4 is 10.6 Å². The summed E-state index contributed by atoms with van der Waals surface area (Å²) in [5, 5.41) is 0.766. The molecule has 0 unspecified atom stereocenters. The van der Waals surface area contributed by atoms with Gasteiger partial charge in [0, 0.05) is 56.5 Å². The van der Waals surface area contributed by atoms with Gasteiger partial charge in [-0.25, -0.2) is 4.99 Å². The zero-order chi connectivity index (χ0) is 20.8. The molecule has 0 amide bonds. The minimum Gasteiger partial charge on any atom is -0.379 e. The largest absolute Gasteiger partial charge is 0.379 e. The van der Waals surface area contributed by atoms with Gasteiger partial charge in [0.2, 0.25) is 0 Å². The number of ether oxygens (including phenoxy) is 1. The molecule has 2 aliphatic heterocycles. The molecule has 168 valence electrons. The van der Waals surface area contributed by atoms with Crippen LogP contribution in [0.4, 0.5) is 5.69 Å². The highest BCUT2D eigenvalue weighted by atomic mass is 127. The van der Waals surface area contributed by atoms with E-state index in [9.17, 15) is 0 Å². The third-order valence-electron chi connectivity index (χ3n) is 5.82. The van der Waals surface area contributed by atoms with Crippen molar-refractivity contribution in [2.75, 3.05) is 57.4 Å². The number of nitrogens with zero attached hydrogens (tertiary/aromatic N) is 4. The van der Waals surface area contributed by atoms with Gasteiger partial charge in [0.15, 0.2) is 5.96 Å². The van der Waals surface area contributed by atoms with Crippen LogP contribution in [0.15, 0.2) is 53.5 Å². The van der Waals surface area contributed by atoms with E-state index >= 15 is 0 Å². The summed E-state index contributed by atoms with van der Waals surface area (Å²) in [5.41, 5.74) is 10.1. The highest BCUT2D eigenvalue weighted by molar-refractivity contribution is 14.0. The second-order valence-corrected chi connectivity index (χ2v) is 8.22. The number of guanidine groups is 1. The average molecular weight is 556 g/mol. The number of anilines is 1.